The lowest BCUT2D eigenvalue weighted by molar-refractivity contribution is -0.0775. The van der Waals surface area contributed by atoms with E-state index in [0.29, 0.717) is 6.54 Å². The molecule has 104 valence electrons. The Labute approximate surface area is 111 Å². The van der Waals surface area contributed by atoms with Gasteiger partial charge in [-0.15, -0.1) is 0 Å². The van der Waals surface area contributed by atoms with E-state index >= 15 is 0 Å². The molecule has 5 heteroatoms. The predicted molar refractivity (Wildman–Crippen MR) is 66.9 cm³/mol. The minimum Gasteiger partial charge on any atom is -0.445 e. The van der Waals surface area contributed by atoms with Crippen molar-refractivity contribution < 1.29 is 18.3 Å². The molecule has 0 aromatic heterocycles. The zero-order valence-electron chi connectivity index (χ0n) is 10.8. The van der Waals surface area contributed by atoms with Gasteiger partial charge in [-0.3, -0.25) is 0 Å². The quantitative estimate of drug-likeness (QED) is 0.824. The second-order valence-electron chi connectivity index (χ2n) is 5.09. The fourth-order valence-corrected chi connectivity index (χ4v) is 2.31. The molecule has 1 heterocycles. The first-order valence-corrected chi connectivity index (χ1v) is 6.30. The predicted octanol–water partition coefficient (Wildman–Crippen LogP) is 3.30. The van der Waals surface area contributed by atoms with Gasteiger partial charge >= 0.3 is 6.09 Å². The van der Waals surface area contributed by atoms with Crippen molar-refractivity contribution in [3.05, 3.63) is 35.9 Å². The molecule has 2 rings (SSSR count). The van der Waals surface area contributed by atoms with Crippen molar-refractivity contribution in [3.8, 4) is 0 Å². The topological polar surface area (TPSA) is 29.5 Å². The average Bonchev–Trinajstić information content (AvgIpc) is 2.34. The number of piperidine rings is 1. The minimum atomic E-state index is -2.82. The van der Waals surface area contributed by atoms with Crippen LogP contribution in [0.15, 0.2) is 30.3 Å². The van der Waals surface area contributed by atoms with Crippen LogP contribution in [0.5, 0.6) is 0 Å². The van der Waals surface area contributed by atoms with E-state index in [0.717, 1.165) is 10.5 Å². The monoisotopic (exact) mass is 269 g/mol. The number of likely N-dealkylation sites (tertiary alicyclic amines) is 1. The number of hydrogen-bond acceptors (Lipinski definition) is 2. The number of hydrogen-bond donors (Lipinski definition) is 0. The van der Waals surface area contributed by atoms with Gasteiger partial charge in [-0.25, -0.2) is 13.6 Å². The highest BCUT2D eigenvalue weighted by Gasteiger charge is 2.40. The number of carbonyl (C=O) groups is 1. The molecular formula is C14H17F2NO2. The van der Waals surface area contributed by atoms with Gasteiger partial charge in [-0.1, -0.05) is 37.3 Å². The van der Waals surface area contributed by atoms with E-state index in [2.05, 4.69) is 0 Å². The number of amides is 1. The number of alkyl halides is 2. The number of ether oxygens (including phenoxy) is 1. The molecule has 0 aliphatic carbocycles. The van der Waals surface area contributed by atoms with E-state index in [1.54, 1.807) is 6.92 Å². The van der Waals surface area contributed by atoms with Crippen LogP contribution in [0.1, 0.15) is 18.9 Å². The normalized spacial score (nSPS) is 22.1. The zero-order chi connectivity index (χ0) is 13.9. The third-order valence-electron chi connectivity index (χ3n) is 3.06. The zero-order valence-corrected chi connectivity index (χ0v) is 10.8. The van der Waals surface area contributed by atoms with Crippen molar-refractivity contribution in [1.82, 2.24) is 4.90 Å². The molecule has 0 bridgehead atoms. The number of nitrogens with zero attached hydrogens (tertiary/aromatic N) is 1. The van der Waals surface area contributed by atoms with Gasteiger partial charge in [0, 0.05) is 13.0 Å². The van der Waals surface area contributed by atoms with Gasteiger partial charge in [0.2, 0.25) is 0 Å². The number of benzene rings is 1. The highest BCUT2D eigenvalue weighted by atomic mass is 19.3. The van der Waals surface area contributed by atoms with E-state index < -0.39 is 18.6 Å². The number of halogens is 2. The van der Waals surface area contributed by atoms with Crippen LogP contribution in [0, 0.1) is 5.92 Å². The summed E-state index contributed by atoms with van der Waals surface area (Å²) in [5, 5.41) is 0. The van der Waals surface area contributed by atoms with E-state index in [1.807, 2.05) is 30.3 Å². The number of rotatable bonds is 2. The summed E-state index contributed by atoms with van der Waals surface area (Å²) in [7, 11) is 0. The fourth-order valence-electron chi connectivity index (χ4n) is 2.31. The Morgan fingerprint density at radius 3 is 2.74 bits per heavy atom. The third-order valence-corrected chi connectivity index (χ3v) is 3.06. The second kappa shape index (κ2) is 5.55. The van der Waals surface area contributed by atoms with Crippen LogP contribution < -0.4 is 0 Å². The Hall–Kier alpha value is -1.65. The molecule has 1 amide bonds. The van der Waals surface area contributed by atoms with Crippen molar-refractivity contribution >= 4 is 6.09 Å². The van der Waals surface area contributed by atoms with Crippen molar-refractivity contribution in [1.29, 1.82) is 0 Å². The van der Waals surface area contributed by atoms with Gasteiger partial charge in [0.15, 0.2) is 0 Å². The van der Waals surface area contributed by atoms with Crippen molar-refractivity contribution in [3.63, 3.8) is 0 Å². The molecule has 1 fully saturated rings. The third kappa shape index (κ3) is 3.91. The molecule has 0 saturated carbocycles. The van der Waals surface area contributed by atoms with Gasteiger partial charge in [0.1, 0.15) is 6.61 Å². The SMILES string of the molecule is CC1CN(C(=O)OCc2ccccc2)CC(F)(F)C1. The Morgan fingerprint density at radius 1 is 1.42 bits per heavy atom. The summed E-state index contributed by atoms with van der Waals surface area (Å²) in [6, 6.07) is 9.17. The molecule has 1 aromatic rings. The highest BCUT2D eigenvalue weighted by Crippen LogP contribution is 2.30. The first kappa shape index (κ1) is 13.8. The van der Waals surface area contributed by atoms with E-state index in [4.69, 9.17) is 4.74 Å². The van der Waals surface area contributed by atoms with Gasteiger partial charge in [0.05, 0.1) is 6.54 Å². The van der Waals surface area contributed by atoms with Crippen molar-refractivity contribution in [2.24, 2.45) is 5.92 Å². The van der Waals surface area contributed by atoms with Gasteiger partial charge in [0.25, 0.3) is 5.92 Å². The van der Waals surface area contributed by atoms with E-state index in [9.17, 15) is 13.6 Å². The Balaban J connectivity index is 1.89. The molecule has 1 aliphatic rings. The smallest absolute Gasteiger partial charge is 0.410 e. The van der Waals surface area contributed by atoms with Crippen LogP contribution in [0.3, 0.4) is 0 Å². The molecule has 1 saturated heterocycles. The second-order valence-corrected chi connectivity index (χ2v) is 5.09. The average molecular weight is 269 g/mol. The van der Waals surface area contributed by atoms with Crippen LogP contribution in [0.25, 0.3) is 0 Å². The summed E-state index contributed by atoms with van der Waals surface area (Å²) in [5.41, 5.74) is 0.840. The van der Waals surface area contributed by atoms with Crippen molar-refractivity contribution in [2.45, 2.75) is 25.9 Å². The van der Waals surface area contributed by atoms with Gasteiger partial charge in [-0.05, 0) is 11.5 Å². The fraction of sp³-hybridized carbons (Fsp3) is 0.500. The van der Waals surface area contributed by atoms with Crippen LogP contribution in [-0.2, 0) is 11.3 Å². The van der Waals surface area contributed by atoms with Gasteiger partial charge in [-0.2, -0.15) is 0 Å². The molecular weight excluding hydrogens is 252 g/mol. The van der Waals surface area contributed by atoms with E-state index in [1.165, 1.54) is 0 Å². The molecule has 1 unspecified atom stereocenters. The first-order chi connectivity index (χ1) is 8.96. The summed E-state index contributed by atoms with van der Waals surface area (Å²) >= 11 is 0. The number of carbonyl (C=O) groups excluding carboxylic acids is 1. The van der Waals surface area contributed by atoms with Crippen LogP contribution in [0.4, 0.5) is 13.6 Å². The van der Waals surface area contributed by atoms with Crippen molar-refractivity contribution in [2.75, 3.05) is 13.1 Å². The lowest BCUT2D eigenvalue weighted by atomic mass is 9.97. The van der Waals surface area contributed by atoms with E-state index in [-0.39, 0.29) is 18.9 Å². The maximum atomic E-state index is 13.4. The Bertz CT molecular complexity index is 436. The van der Waals surface area contributed by atoms with Crippen LogP contribution in [-0.4, -0.2) is 30.0 Å². The highest BCUT2D eigenvalue weighted by molar-refractivity contribution is 5.67. The Morgan fingerprint density at radius 2 is 2.11 bits per heavy atom. The standard InChI is InChI=1S/C14H17F2NO2/c1-11-7-14(15,16)10-17(8-11)13(18)19-9-12-5-3-2-4-6-12/h2-6,11H,7-10H2,1H3. The van der Waals surface area contributed by atoms with Crippen LogP contribution >= 0.6 is 0 Å². The van der Waals surface area contributed by atoms with Crippen LogP contribution in [0.2, 0.25) is 0 Å². The summed E-state index contributed by atoms with van der Waals surface area (Å²) < 4.78 is 31.8. The Kier molecular flexibility index (Phi) is 4.02. The molecule has 19 heavy (non-hydrogen) atoms. The largest absolute Gasteiger partial charge is 0.445 e. The summed E-state index contributed by atoms with van der Waals surface area (Å²) in [5.74, 6) is -3.03. The maximum absolute atomic E-state index is 13.4. The summed E-state index contributed by atoms with van der Waals surface area (Å²) in [6.07, 6.45) is -0.842. The molecule has 1 aromatic carbocycles. The van der Waals surface area contributed by atoms with Gasteiger partial charge < -0.3 is 9.64 Å². The first-order valence-electron chi connectivity index (χ1n) is 6.30. The molecule has 1 aliphatic heterocycles. The minimum absolute atomic E-state index is 0.107. The molecule has 0 radical (unpaired) electrons. The summed E-state index contributed by atoms with van der Waals surface area (Å²) in [6.45, 7) is 1.59. The molecule has 0 spiro atoms. The summed E-state index contributed by atoms with van der Waals surface area (Å²) in [4.78, 5) is 12.9. The lowest BCUT2D eigenvalue weighted by Crippen LogP contribution is -2.49. The molecule has 1 atom stereocenters. The maximum Gasteiger partial charge on any atom is 0.410 e. The molecule has 3 nitrogen and oxygen atoms in total. The lowest BCUT2D eigenvalue weighted by Gasteiger charge is -2.35. The molecule has 0 N–H and O–H groups in total.